The summed E-state index contributed by atoms with van der Waals surface area (Å²) in [4.78, 5) is 15.0. The Hall–Kier alpha value is -1.43. The van der Waals surface area contributed by atoms with Crippen molar-refractivity contribution < 1.29 is 22.7 Å². The van der Waals surface area contributed by atoms with Gasteiger partial charge in [-0.05, 0) is 6.07 Å². The Bertz CT molecular complexity index is 377. The fourth-order valence-electron chi connectivity index (χ4n) is 1.19. The first-order valence-corrected chi connectivity index (χ1v) is 4.50. The Morgan fingerprint density at radius 2 is 2.19 bits per heavy atom. The monoisotopic (exact) mass is 233 g/mol. The molecule has 0 saturated heterocycles. The lowest BCUT2D eigenvalue weighted by Crippen LogP contribution is -2.14. The Kier molecular flexibility index (Phi) is 4.00. The van der Waals surface area contributed by atoms with Gasteiger partial charge in [-0.3, -0.25) is 9.78 Å². The van der Waals surface area contributed by atoms with Crippen LogP contribution in [0.15, 0.2) is 18.5 Å². The highest BCUT2D eigenvalue weighted by atomic mass is 19.4. The third-order valence-electron chi connectivity index (χ3n) is 1.96. The minimum absolute atomic E-state index is 0.0883. The van der Waals surface area contributed by atoms with Crippen LogP contribution in [0.5, 0.6) is 0 Å². The van der Waals surface area contributed by atoms with Crippen LogP contribution in [-0.4, -0.2) is 24.5 Å². The van der Waals surface area contributed by atoms with Gasteiger partial charge in [0.2, 0.25) is 0 Å². The number of ketones is 1. The number of carbonyl (C=O) groups is 1. The molecule has 0 unspecified atom stereocenters. The topological polar surface area (TPSA) is 39.2 Å². The molecule has 1 aromatic heterocycles. The molecule has 1 aromatic rings. The van der Waals surface area contributed by atoms with E-state index in [1.54, 1.807) is 0 Å². The molecule has 0 bridgehead atoms. The summed E-state index contributed by atoms with van der Waals surface area (Å²) in [5, 5.41) is 0. The number of methoxy groups -OCH3 is 1. The molecule has 3 nitrogen and oxygen atoms in total. The van der Waals surface area contributed by atoms with E-state index < -0.39 is 23.1 Å². The zero-order valence-electron chi connectivity index (χ0n) is 8.54. The fourth-order valence-corrected chi connectivity index (χ4v) is 1.19. The maximum Gasteiger partial charge on any atom is 0.417 e. The van der Waals surface area contributed by atoms with Gasteiger partial charge in [0.15, 0.2) is 5.78 Å². The van der Waals surface area contributed by atoms with Crippen LogP contribution >= 0.6 is 0 Å². The lowest BCUT2D eigenvalue weighted by atomic mass is 10.0. The van der Waals surface area contributed by atoms with Gasteiger partial charge in [-0.2, -0.15) is 13.2 Å². The van der Waals surface area contributed by atoms with Crippen molar-refractivity contribution in [2.24, 2.45) is 0 Å². The highest BCUT2D eigenvalue weighted by Crippen LogP contribution is 2.31. The summed E-state index contributed by atoms with van der Waals surface area (Å²) in [6.45, 7) is 0.0883. The summed E-state index contributed by atoms with van der Waals surface area (Å²) in [5.41, 5.74) is -1.37. The summed E-state index contributed by atoms with van der Waals surface area (Å²) >= 11 is 0. The van der Waals surface area contributed by atoms with Crippen LogP contribution in [0, 0.1) is 0 Å². The SMILES string of the molecule is COCCC(=O)c1cnccc1C(F)(F)F. The molecule has 0 saturated carbocycles. The second-order valence-electron chi connectivity index (χ2n) is 3.08. The molecule has 1 rings (SSSR count). The molecule has 16 heavy (non-hydrogen) atoms. The Morgan fingerprint density at radius 1 is 1.50 bits per heavy atom. The van der Waals surface area contributed by atoms with Crippen LogP contribution in [0.4, 0.5) is 13.2 Å². The lowest BCUT2D eigenvalue weighted by molar-refractivity contribution is -0.138. The molecular formula is C10H10F3NO2. The van der Waals surface area contributed by atoms with Crippen LogP contribution in [0.3, 0.4) is 0 Å². The molecule has 0 N–H and O–H groups in total. The highest BCUT2D eigenvalue weighted by molar-refractivity contribution is 5.97. The minimum atomic E-state index is -4.54. The first-order chi connectivity index (χ1) is 7.46. The Balaban J connectivity index is 3.00. The number of hydrogen-bond acceptors (Lipinski definition) is 3. The van der Waals surface area contributed by atoms with Gasteiger partial charge >= 0.3 is 6.18 Å². The number of ether oxygens (including phenoxy) is 1. The number of nitrogens with zero attached hydrogens (tertiary/aromatic N) is 1. The first-order valence-electron chi connectivity index (χ1n) is 4.50. The van der Waals surface area contributed by atoms with E-state index in [1.807, 2.05) is 0 Å². The van der Waals surface area contributed by atoms with Gasteiger partial charge in [-0.25, -0.2) is 0 Å². The maximum absolute atomic E-state index is 12.5. The molecule has 0 aliphatic heterocycles. The van der Waals surface area contributed by atoms with E-state index in [0.717, 1.165) is 18.5 Å². The Morgan fingerprint density at radius 3 is 2.75 bits per heavy atom. The van der Waals surface area contributed by atoms with Gasteiger partial charge in [0.05, 0.1) is 12.2 Å². The predicted molar refractivity (Wildman–Crippen MR) is 50.1 cm³/mol. The second-order valence-corrected chi connectivity index (χ2v) is 3.08. The number of carbonyl (C=O) groups excluding carboxylic acids is 1. The average molecular weight is 233 g/mol. The van der Waals surface area contributed by atoms with Gasteiger partial charge in [0.1, 0.15) is 0 Å². The molecule has 0 aliphatic rings. The average Bonchev–Trinajstić information content (AvgIpc) is 2.24. The van der Waals surface area contributed by atoms with E-state index in [1.165, 1.54) is 7.11 Å². The maximum atomic E-state index is 12.5. The van der Waals surface area contributed by atoms with E-state index in [0.29, 0.717) is 0 Å². The van der Waals surface area contributed by atoms with Crippen molar-refractivity contribution in [3.8, 4) is 0 Å². The number of Topliss-reactive ketones (excluding diaryl/α,β-unsaturated/α-hetero) is 1. The summed E-state index contributed by atoms with van der Waals surface area (Å²) in [5.74, 6) is -0.623. The molecule has 0 aromatic carbocycles. The van der Waals surface area contributed by atoms with Crippen molar-refractivity contribution in [3.63, 3.8) is 0 Å². The molecule has 88 valence electrons. The molecule has 6 heteroatoms. The highest BCUT2D eigenvalue weighted by Gasteiger charge is 2.34. The molecule has 0 atom stereocenters. The zero-order chi connectivity index (χ0) is 12.2. The van der Waals surface area contributed by atoms with Gasteiger partial charge in [0.25, 0.3) is 0 Å². The van der Waals surface area contributed by atoms with Crippen LogP contribution in [0.25, 0.3) is 0 Å². The quantitative estimate of drug-likeness (QED) is 0.749. The van der Waals surface area contributed by atoms with Gasteiger partial charge in [-0.15, -0.1) is 0 Å². The Labute approximate surface area is 90.2 Å². The van der Waals surface area contributed by atoms with E-state index in [-0.39, 0.29) is 13.0 Å². The van der Waals surface area contributed by atoms with Crippen molar-refractivity contribution >= 4 is 5.78 Å². The third-order valence-corrected chi connectivity index (χ3v) is 1.96. The van der Waals surface area contributed by atoms with Gasteiger partial charge < -0.3 is 4.74 Å². The number of halogens is 3. The molecule has 0 amide bonds. The lowest BCUT2D eigenvalue weighted by Gasteiger charge is -2.10. The number of hydrogen-bond donors (Lipinski definition) is 0. The molecule has 1 heterocycles. The zero-order valence-corrected chi connectivity index (χ0v) is 8.54. The minimum Gasteiger partial charge on any atom is -0.384 e. The van der Waals surface area contributed by atoms with Crippen LogP contribution in [0.2, 0.25) is 0 Å². The second kappa shape index (κ2) is 5.07. The van der Waals surface area contributed by atoms with Gasteiger partial charge in [-0.1, -0.05) is 0 Å². The van der Waals surface area contributed by atoms with E-state index >= 15 is 0 Å². The molecule has 0 spiro atoms. The smallest absolute Gasteiger partial charge is 0.384 e. The van der Waals surface area contributed by atoms with Crippen molar-refractivity contribution in [2.45, 2.75) is 12.6 Å². The summed E-state index contributed by atoms with van der Waals surface area (Å²) in [6, 6.07) is 0.792. The fraction of sp³-hybridized carbons (Fsp3) is 0.400. The first kappa shape index (κ1) is 12.6. The summed E-state index contributed by atoms with van der Waals surface area (Å²) in [6.07, 6.45) is -2.69. The van der Waals surface area contributed by atoms with E-state index in [9.17, 15) is 18.0 Å². The van der Waals surface area contributed by atoms with Crippen LogP contribution in [0.1, 0.15) is 22.3 Å². The van der Waals surface area contributed by atoms with E-state index in [2.05, 4.69) is 9.72 Å². The molecule has 0 radical (unpaired) electrons. The predicted octanol–water partition coefficient (Wildman–Crippen LogP) is 2.32. The standard InChI is InChI=1S/C10H10F3NO2/c1-16-5-3-9(15)7-6-14-4-2-8(7)10(11,12)13/h2,4,6H,3,5H2,1H3. The van der Waals surface area contributed by atoms with E-state index in [4.69, 9.17) is 0 Å². The molecule has 0 fully saturated rings. The molecule has 0 aliphatic carbocycles. The third kappa shape index (κ3) is 3.03. The van der Waals surface area contributed by atoms with Gasteiger partial charge in [0, 0.05) is 31.5 Å². The number of rotatable bonds is 4. The number of aromatic nitrogens is 1. The van der Waals surface area contributed by atoms with Crippen molar-refractivity contribution in [1.29, 1.82) is 0 Å². The van der Waals surface area contributed by atoms with Crippen LogP contribution < -0.4 is 0 Å². The molecular weight excluding hydrogens is 223 g/mol. The number of pyridine rings is 1. The largest absolute Gasteiger partial charge is 0.417 e. The number of alkyl halides is 3. The summed E-state index contributed by atoms with van der Waals surface area (Å²) < 4.78 is 42.2. The van der Waals surface area contributed by atoms with Crippen LogP contribution in [-0.2, 0) is 10.9 Å². The summed E-state index contributed by atoms with van der Waals surface area (Å²) in [7, 11) is 1.38. The normalized spacial score (nSPS) is 11.5. The van der Waals surface area contributed by atoms with Crippen molar-refractivity contribution in [2.75, 3.05) is 13.7 Å². The van der Waals surface area contributed by atoms with Crippen molar-refractivity contribution in [3.05, 3.63) is 29.6 Å². The van der Waals surface area contributed by atoms with Crippen molar-refractivity contribution in [1.82, 2.24) is 4.98 Å².